The summed E-state index contributed by atoms with van der Waals surface area (Å²) in [6.07, 6.45) is 7.07. The Morgan fingerprint density at radius 3 is 1.55 bits per heavy atom. The Bertz CT molecular complexity index is 1030. The van der Waals surface area contributed by atoms with Gasteiger partial charge < -0.3 is 43.4 Å². The third-order valence-electron chi connectivity index (χ3n) is 3.79. The monoisotopic (exact) mass is 1030 g/mol. The second-order valence-corrected chi connectivity index (χ2v) is 10.2. The predicted molar refractivity (Wildman–Crippen MR) is 161 cm³/mol. The Balaban J connectivity index is -0.000000132. The molecule has 0 saturated carbocycles. The van der Waals surface area contributed by atoms with Crippen molar-refractivity contribution in [3.05, 3.63) is 53.0 Å². The second kappa shape index (κ2) is 30.2. The van der Waals surface area contributed by atoms with E-state index in [4.69, 9.17) is 34.9 Å². The maximum absolute atomic E-state index is 7.57. The van der Waals surface area contributed by atoms with Crippen molar-refractivity contribution in [3.8, 4) is 0 Å². The van der Waals surface area contributed by atoms with Gasteiger partial charge in [-0.05, 0) is 41.5 Å². The first-order valence-electron chi connectivity index (χ1n) is 9.99. The third-order valence-corrected chi connectivity index (χ3v) is 4.07. The number of rotatable bonds is 0. The van der Waals surface area contributed by atoms with Crippen molar-refractivity contribution in [2.24, 2.45) is 3.95 Å². The molecule has 0 saturated heterocycles. The van der Waals surface area contributed by atoms with E-state index in [-0.39, 0.29) is 114 Å². The quantitative estimate of drug-likeness (QED) is 0.0660. The number of imidazole rings is 2. The van der Waals surface area contributed by atoms with Gasteiger partial charge in [0.15, 0.2) is 5.15 Å². The summed E-state index contributed by atoms with van der Waals surface area (Å²) in [4.78, 5) is 16.6. The van der Waals surface area contributed by atoms with Gasteiger partial charge in [0, 0.05) is 38.0 Å². The molecule has 0 aromatic carbocycles. The van der Waals surface area contributed by atoms with Gasteiger partial charge in [-0.25, -0.2) is 19.9 Å². The molecule has 0 aliphatic rings. The predicted octanol–water partition coefficient (Wildman–Crippen LogP) is -4.80. The number of anilines is 1. The molecule has 7 N–H and O–H groups in total. The minimum Gasteiger partial charge on any atom is -1.00 e. The summed E-state index contributed by atoms with van der Waals surface area (Å²) < 4.78 is 15.8. The van der Waals surface area contributed by atoms with Gasteiger partial charge in [-0.3, -0.25) is 8.80 Å². The Labute approximate surface area is 324 Å². The van der Waals surface area contributed by atoms with Crippen molar-refractivity contribution >= 4 is 70.1 Å². The average molecular weight is 1030 g/mol. The van der Waals surface area contributed by atoms with Gasteiger partial charge in [0.25, 0.3) is 0 Å². The fourth-order valence-corrected chi connectivity index (χ4v) is 3.05. The first kappa shape index (κ1) is 49.4. The second-order valence-electron chi connectivity index (χ2n) is 6.17. The summed E-state index contributed by atoms with van der Waals surface area (Å²) >= 11 is 9.29. The van der Waals surface area contributed by atoms with Gasteiger partial charge in [-0.15, -0.1) is 0 Å². The number of hydrogen-bond donors (Lipinski definition) is 5. The molecular weight excluding hydrogens is 994 g/mol. The van der Waals surface area contributed by atoms with Crippen LogP contribution in [0.5, 0.6) is 0 Å². The molecule has 11 nitrogen and oxygen atoms in total. The van der Waals surface area contributed by atoms with Crippen LogP contribution < -0.4 is 103 Å². The zero-order chi connectivity index (χ0) is 27.6. The number of nitrogens with two attached hydrogens (primary N) is 2. The Kier molecular flexibility index (Phi) is 39.3. The number of hydrogen-bond acceptors (Lipinski definition) is 9. The molecule has 4 rings (SSSR count). The SMILES string of the molecule is C.CCO.CCO.Cc1nc(C)n2ccnc(Cl)c12.Cc1nc(C)n2ccnc(N)c12.N[I-]I.OI.[I-].[K+]. The minimum absolute atomic E-state index is 0. The topological polar surface area (TPSA) is 173 Å². The van der Waals surface area contributed by atoms with Gasteiger partial charge in [-0.2, -0.15) is 0 Å². The van der Waals surface area contributed by atoms with Crippen LogP contribution in [0.2, 0.25) is 5.15 Å². The van der Waals surface area contributed by atoms with E-state index in [1.54, 1.807) is 26.2 Å². The fraction of sp³-hybridized carbons (Fsp3) is 0.429. The molecule has 17 heteroatoms. The molecule has 216 valence electrons. The summed E-state index contributed by atoms with van der Waals surface area (Å²) in [5.74, 6) is 2.42. The average Bonchev–Trinajstić information content (AvgIpc) is 3.28. The van der Waals surface area contributed by atoms with Crippen LogP contribution in [-0.2, 0) is 0 Å². The normalized spacial score (nSPS) is 8.55. The molecule has 0 fully saturated rings. The maximum atomic E-state index is 7.57. The van der Waals surface area contributed by atoms with E-state index in [0.717, 1.165) is 57.1 Å². The van der Waals surface area contributed by atoms with Crippen LogP contribution in [0.15, 0.2) is 24.8 Å². The zero-order valence-corrected chi connectivity index (χ0v) is 34.3. The zero-order valence-electron chi connectivity index (χ0n) is 21.8. The number of aryl methyl sites for hydroxylation is 4. The van der Waals surface area contributed by atoms with E-state index >= 15 is 0 Å². The largest absolute Gasteiger partial charge is 1.00 e. The number of fused-ring (bicyclic) bond motifs is 2. The van der Waals surface area contributed by atoms with Crippen LogP contribution in [0.25, 0.3) is 11.0 Å². The van der Waals surface area contributed by atoms with Crippen molar-refractivity contribution in [1.29, 1.82) is 0 Å². The van der Waals surface area contributed by atoms with Crippen molar-refractivity contribution < 1.29 is 107 Å². The Morgan fingerprint density at radius 2 is 1.21 bits per heavy atom. The van der Waals surface area contributed by atoms with Crippen LogP contribution in [0, 0.1) is 27.7 Å². The molecule has 0 atom stereocenters. The van der Waals surface area contributed by atoms with Crippen LogP contribution in [0.4, 0.5) is 5.82 Å². The molecule has 4 heterocycles. The molecule has 4 aromatic heterocycles. The van der Waals surface area contributed by atoms with Crippen LogP contribution in [0.1, 0.15) is 44.3 Å². The molecule has 0 radical (unpaired) electrons. The van der Waals surface area contributed by atoms with Crippen molar-refractivity contribution in [2.75, 3.05) is 18.9 Å². The summed E-state index contributed by atoms with van der Waals surface area (Å²) in [6, 6.07) is 0. The molecule has 0 aliphatic carbocycles. The molecule has 38 heavy (non-hydrogen) atoms. The molecule has 0 unspecified atom stereocenters. The van der Waals surface area contributed by atoms with E-state index < -0.39 is 0 Å². The van der Waals surface area contributed by atoms with Gasteiger partial charge in [0.2, 0.25) is 0 Å². The molecule has 0 aliphatic heterocycles. The van der Waals surface area contributed by atoms with Crippen LogP contribution in [0.3, 0.4) is 0 Å². The number of nitrogen functional groups attached to an aromatic ring is 1. The maximum Gasteiger partial charge on any atom is 1.00 e. The van der Waals surface area contributed by atoms with E-state index in [1.165, 1.54) is 0 Å². The van der Waals surface area contributed by atoms with E-state index in [1.807, 2.05) is 48.9 Å². The van der Waals surface area contributed by atoms with E-state index in [0.29, 0.717) is 11.0 Å². The summed E-state index contributed by atoms with van der Waals surface area (Å²) in [5, 5.41) is 15.6. The number of nitrogens with zero attached hydrogens (tertiary/aromatic N) is 6. The van der Waals surface area contributed by atoms with Gasteiger partial charge in [0.1, 0.15) is 51.5 Å². The van der Waals surface area contributed by atoms with Crippen molar-refractivity contribution in [1.82, 2.24) is 28.7 Å². The smallest absolute Gasteiger partial charge is 1.00 e. The van der Waals surface area contributed by atoms with Gasteiger partial charge in [0.05, 0.1) is 11.4 Å². The fourth-order valence-electron chi connectivity index (χ4n) is 2.76. The summed E-state index contributed by atoms with van der Waals surface area (Å²) in [7, 11) is 0. The van der Waals surface area contributed by atoms with E-state index in [9.17, 15) is 0 Å². The Hall–Kier alpha value is 1.73. The summed E-state index contributed by atoms with van der Waals surface area (Å²) in [5.41, 5.74) is 9.36. The standard InChI is InChI=1S/C8H8ClN3.C8H10N4.2C2H6O.CH4.H2I2N.HIO.HI.K/c2*1-5-7-8(9)10-3-4-12(7)6(2)11-5;2*1-2-3;;1-2-3;1-2;;/h3-4H,1-2H3;3-4H,1-2H3,(H2,9,10);2*3H,2H2,1H3;1H4;3H2;2H;1H;/q;;;;;-1;;;+1/p-1. The Morgan fingerprint density at radius 1 is 0.895 bits per heavy atom. The van der Waals surface area contributed by atoms with Crippen molar-refractivity contribution in [2.45, 2.75) is 49.0 Å². The van der Waals surface area contributed by atoms with E-state index in [2.05, 4.69) is 38.6 Å². The number of aliphatic hydroxyl groups is 2. The molecular formula is C21H37ClI4KN8O3-. The van der Waals surface area contributed by atoms with Crippen LogP contribution >= 0.6 is 53.2 Å². The van der Waals surface area contributed by atoms with Gasteiger partial charge in [-0.1, -0.05) is 19.0 Å². The number of halogens is 5. The summed E-state index contributed by atoms with van der Waals surface area (Å²) in [6.45, 7) is 11.6. The minimum atomic E-state index is 0. The van der Waals surface area contributed by atoms with Crippen LogP contribution in [-0.4, -0.2) is 55.6 Å². The first-order valence-corrected chi connectivity index (χ1v) is 18.9. The number of aromatic nitrogens is 6. The molecule has 0 amide bonds. The molecule has 0 spiro atoms. The number of aliphatic hydroxyl groups excluding tert-OH is 2. The van der Waals surface area contributed by atoms with Gasteiger partial charge >= 0.3 is 91.5 Å². The first-order chi connectivity index (χ1) is 16.6. The molecule has 4 aromatic rings. The third kappa shape index (κ3) is 17.6. The van der Waals surface area contributed by atoms with Crippen molar-refractivity contribution in [3.63, 3.8) is 0 Å². The molecule has 0 bridgehead atoms.